The molecule has 1 N–H and O–H groups in total. The van der Waals surface area contributed by atoms with Crippen molar-refractivity contribution < 1.29 is 23.8 Å². The summed E-state index contributed by atoms with van der Waals surface area (Å²) in [6.45, 7) is 0.253. The van der Waals surface area contributed by atoms with E-state index in [9.17, 15) is 4.79 Å². The Labute approximate surface area is 104 Å². The third-order valence-electron chi connectivity index (χ3n) is 2.39. The van der Waals surface area contributed by atoms with Crippen LogP contribution in [-0.4, -0.2) is 18.2 Å². The molecule has 1 aromatic heterocycles. The van der Waals surface area contributed by atoms with Gasteiger partial charge in [0.05, 0.1) is 19.6 Å². The molecule has 0 spiro atoms. The summed E-state index contributed by atoms with van der Waals surface area (Å²) in [6.07, 6.45) is 3.08. The molecule has 0 atom stereocenters. The number of methoxy groups -OCH3 is 1. The van der Waals surface area contributed by atoms with Gasteiger partial charge in [-0.3, -0.25) is 0 Å². The average molecular weight is 248 g/mol. The van der Waals surface area contributed by atoms with Gasteiger partial charge in [-0.05, 0) is 24.3 Å². The molecule has 0 amide bonds. The van der Waals surface area contributed by atoms with Gasteiger partial charge < -0.3 is 19.0 Å². The van der Waals surface area contributed by atoms with Crippen LogP contribution in [0.1, 0.15) is 15.9 Å². The first-order chi connectivity index (χ1) is 8.70. The van der Waals surface area contributed by atoms with Gasteiger partial charge in [0.15, 0.2) is 0 Å². The lowest BCUT2D eigenvalue weighted by Crippen LogP contribution is -2.03. The van der Waals surface area contributed by atoms with Gasteiger partial charge in [-0.1, -0.05) is 0 Å². The summed E-state index contributed by atoms with van der Waals surface area (Å²) < 4.78 is 15.3. The third-order valence-corrected chi connectivity index (χ3v) is 2.39. The van der Waals surface area contributed by atoms with Crippen LogP contribution in [0.5, 0.6) is 11.5 Å². The minimum Gasteiger partial charge on any atom is -0.497 e. The molecular weight excluding hydrogens is 236 g/mol. The van der Waals surface area contributed by atoms with Crippen LogP contribution in [0.4, 0.5) is 0 Å². The molecule has 0 saturated heterocycles. The van der Waals surface area contributed by atoms with Gasteiger partial charge >= 0.3 is 5.97 Å². The molecule has 0 unspecified atom stereocenters. The zero-order valence-electron chi connectivity index (χ0n) is 9.75. The number of rotatable bonds is 5. The van der Waals surface area contributed by atoms with Gasteiger partial charge in [-0.15, -0.1) is 0 Å². The lowest BCUT2D eigenvalue weighted by molar-refractivity contribution is 0.0691. The maximum Gasteiger partial charge on any atom is 0.339 e. The summed E-state index contributed by atoms with van der Waals surface area (Å²) >= 11 is 0. The Bertz CT molecular complexity index is 530. The van der Waals surface area contributed by atoms with Gasteiger partial charge in [0.1, 0.15) is 23.7 Å². The van der Waals surface area contributed by atoms with Crippen molar-refractivity contribution in [2.24, 2.45) is 0 Å². The second-order valence-corrected chi connectivity index (χ2v) is 3.59. The van der Waals surface area contributed by atoms with E-state index < -0.39 is 5.97 Å². The first kappa shape index (κ1) is 12.0. The van der Waals surface area contributed by atoms with E-state index >= 15 is 0 Å². The Morgan fingerprint density at radius 1 is 1.39 bits per heavy atom. The fraction of sp³-hybridized carbons (Fsp3) is 0.154. The predicted molar refractivity (Wildman–Crippen MR) is 63.0 cm³/mol. The second kappa shape index (κ2) is 5.27. The van der Waals surface area contributed by atoms with E-state index in [4.69, 9.17) is 19.0 Å². The molecule has 0 radical (unpaired) electrons. The van der Waals surface area contributed by atoms with Gasteiger partial charge in [-0.2, -0.15) is 0 Å². The highest BCUT2D eigenvalue weighted by molar-refractivity contribution is 5.91. The van der Waals surface area contributed by atoms with Crippen molar-refractivity contribution in [1.29, 1.82) is 0 Å². The Balaban J connectivity index is 2.18. The van der Waals surface area contributed by atoms with Crippen LogP contribution in [0.25, 0.3) is 0 Å². The standard InChI is InChI=1S/C13H12O5/c1-16-10-2-3-12(11(6-10)13(14)15)18-8-9-4-5-17-7-9/h2-7H,8H2,1H3,(H,14,15). The monoisotopic (exact) mass is 248 g/mol. The summed E-state index contributed by atoms with van der Waals surface area (Å²) in [5, 5.41) is 9.09. The first-order valence-corrected chi connectivity index (χ1v) is 5.26. The molecular formula is C13H12O5. The normalized spacial score (nSPS) is 10.1. The summed E-state index contributed by atoms with van der Waals surface area (Å²) in [5.41, 5.74) is 0.903. The fourth-order valence-electron chi connectivity index (χ4n) is 1.46. The number of carboxylic acid groups (broad SMARTS) is 1. The highest BCUT2D eigenvalue weighted by Crippen LogP contribution is 2.25. The quantitative estimate of drug-likeness (QED) is 0.880. The van der Waals surface area contributed by atoms with E-state index in [0.29, 0.717) is 11.5 Å². The highest BCUT2D eigenvalue weighted by atomic mass is 16.5. The maximum atomic E-state index is 11.1. The molecule has 0 bridgehead atoms. The van der Waals surface area contributed by atoms with Crippen LogP contribution in [0.3, 0.4) is 0 Å². The van der Waals surface area contributed by atoms with Gasteiger partial charge in [0, 0.05) is 5.56 Å². The molecule has 2 rings (SSSR count). The van der Waals surface area contributed by atoms with E-state index in [-0.39, 0.29) is 12.2 Å². The van der Waals surface area contributed by atoms with E-state index in [2.05, 4.69) is 0 Å². The van der Waals surface area contributed by atoms with E-state index in [1.807, 2.05) is 0 Å². The Kier molecular flexibility index (Phi) is 3.52. The minimum atomic E-state index is -1.06. The van der Waals surface area contributed by atoms with Crippen LogP contribution in [0.15, 0.2) is 41.2 Å². The summed E-state index contributed by atoms with van der Waals surface area (Å²) in [4.78, 5) is 11.1. The molecule has 5 heteroatoms. The molecule has 1 heterocycles. The summed E-state index contributed by atoms with van der Waals surface area (Å²) in [5.74, 6) is -0.288. The molecule has 0 saturated carbocycles. The Morgan fingerprint density at radius 3 is 2.83 bits per heavy atom. The molecule has 18 heavy (non-hydrogen) atoms. The highest BCUT2D eigenvalue weighted by Gasteiger charge is 2.13. The SMILES string of the molecule is COc1ccc(OCc2ccoc2)c(C(=O)O)c1. The van der Waals surface area contributed by atoms with E-state index in [1.54, 1.807) is 24.5 Å². The van der Waals surface area contributed by atoms with Gasteiger partial charge in [0.25, 0.3) is 0 Å². The number of benzene rings is 1. The minimum absolute atomic E-state index is 0.0674. The van der Waals surface area contributed by atoms with Crippen molar-refractivity contribution in [1.82, 2.24) is 0 Å². The second-order valence-electron chi connectivity index (χ2n) is 3.59. The van der Waals surface area contributed by atoms with E-state index in [1.165, 1.54) is 19.4 Å². The van der Waals surface area contributed by atoms with Crippen molar-refractivity contribution >= 4 is 5.97 Å². The Morgan fingerprint density at radius 2 is 2.22 bits per heavy atom. The first-order valence-electron chi connectivity index (χ1n) is 5.26. The zero-order chi connectivity index (χ0) is 13.0. The van der Waals surface area contributed by atoms with Crippen molar-refractivity contribution in [3.05, 3.63) is 47.9 Å². The summed E-state index contributed by atoms with van der Waals surface area (Å²) in [7, 11) is 1.48. The Hall–Kier alpha value is -2.43. The predicted octanol–water partition coefficient (Wildman–Crippen LogP) is 2.57. The van der Waals surface area contributed by atoms with Crippen LogP contribution in [-0.2, 0) is 6.61 Å². The number of ether oxygens (including phenoxy) is 2. The topological polar surface area (TPSA) is 68.9 Å². The fourth-order valence-corrected chi connectivity index (χ4v) is 1.46. The molecule has 0 aliphatic heterocycles. The molecule has 1 aromatic carbocycles. The number of carbonyl (C=O) groups is 1. The van der Waals surface area contributed by atoms with Gasteiger partial charge in [0.2, 0.25) is 0 Å². The van der Waals surface area contributed by atoms with Crippen molar-refractivity contribution in [3.63, 3.8) is 0 Å². The smallest absolute Gasteiger partial charge is 0.339 e. The number of aromatic carboxylic acids is 1. The molecule has 0 aliphatic carbocycles. The van der Waals surface area contributed by atoms with Crippen molar-refractivity contribution in [2.75, 3.05) is 7.11 Å². The maximum absolute atomic E-state index is 11.1. The number of furan rings is 1. The van der Waals surface area contributed by atoms with Crippen molar-refractivity contribution in [3.8, 4) is 11.5 Å². The van der Waals surface area contributed by atoms with Crippen LogP contribution < -0.4 is 9.47 Å². The molecule has 0 aliphatic rings. The number of hydrogen-bond donors (Lipinski definition) is 1. The number of carboxylic acids is 1. The van der Waals surface area contributed by atoms with Crippen LogP contribution in [0, 0.1) is 0 Å². The number of hydrogen-bond acceptors (Lipinski definition) is 4. The van der Waals surface area contributed by atoms with Crippen LogP contribution >= 0.6 is 0 Å². The lowest BCUT2D eigenvalue weighted by atomic mass is 10.2. The zero-order valence-corrected chi connectivity index (χ0v) is 9.75. The third kappa shape index (κ3) is 2.63. The molecule has 0 fully saturated rings. The molecule has 94 valence electrons. The average Bonchev–Trinajstić information content (AvgIpc) is 2.89. The van der Waals surface area contributed by atoms with Crippen molar-refractivity contribution in [2.45, 2.75) is 6.61 Å². The van der Waals surface area contributed by atoms with Crippen LogP contribution in [0.2, 0.25) is 0 Å². The van der Waals surface area contributed by atoms with Gasteiger partial charge in [-0.25, -0.2) is 4.79 Å². The van der Waals surface area contributed by atoms with E-state index in [0.717, 1.165) is 5.56 Å². The largest absolute Gasteiger partial charge is 0.497 e. The molecule has 5 nitrogen and oxygen atoms in total. The summed E-state index contributed by atoms with van der Waals surface area (Å²) in [6, 6.07) is 6.40. The molecule has 2 aromatic rings. The lowest BCUT2D eigenvalue weighted by Gasteiger charge is -2.09.